The summed E-state index contributed by atoms with van der Waals surface area (Å²) < 4.78 is 1.93. The molecule has 3 heteroatoms. The molecule has 1 aromatic rings. The number of ketones is 1. The first-order chi connectivity index (χ1) is 8.17. The van der Waals surface area contributed by atoms with E-state index in [1.807, 2.05) is 17.7 Å². The van der Waals surface area contributed by atoms with E-state index >= 15 is 0 Å². The number of aryl methyl sites for hydroxylation is 2. The summed E-state index contributed by atoms with van der Waals surface area (Å²) in [5.74, 6) is 0.343. The summed E-state index contributed by atoms with van der Waals surface area (Å²) in [5.41, 5.74) is 2.06. The number of hydrogen-bond acceptors (Lipinski definition) is 2. The zero-order valence-corrected chi connectivity index (χ0v) is 11.3. The van der Waals surface area contributed by atoms with Crippen LogP contribution in [0.3, 0.4) is 0 Å². The van der Waals surface area contributed by atoms with E-state index in [1.54, 1.807) is 0 Å². The standard InChI is InChI=1S/C14H24N2O/c1-4-6-7-8-9-14(17)11-13-10-12(3)15-16(13)5-2/h10H,4-9,11H2,1-3H3. The molecule has 0 unspecified atom stereocenters. The summed E-state index contributed by atoms with van der Waals surface area (Å²) in [6.45, 7) is 7.06. The van der Waals surface area contributed by atoms with Crippen LogP contribution in [0.5, 0.6) is 0 Å². The molecule has 17 heavy (non-hydrogen) atoms. The van der Waals surface area contributed by atoms with Crippen LogP contribution in [-0.4, -0.2) is 15.6 Å². The van der Waals surface area contributed by atoms with Crippen LogP contribution in [0.25, 0.3) is 0 Å². The molecule has 0 aliphatic rings. The highest BCUT2D eigenvalue weighted by molar-refractivity contribution is 5.80. The third kappa shape index (κ3) is 4.72. The lowest BCUT2D eigenvalue weighted by molar-refractivity contribution is -0.118. The van der Waals surface area contributed by atoms with Crippen LogP contribution in [0.4, 0.5) is 0 Å². The first-order valence-electron chi connectivity index (χ1n) is 6.72. The van der Waals surface area contributed by atoms with Crippen LogP contribution in [0.2, 0.25) is 0 Å². The van der Waals surface area contributed by atoms with Crippen molar-refractivity contribution in [1.82, 2.24) is 9.78 Å². The predicted molar refractivity (Wildman–Crippen MR) is 70.1 cm³/mol. The van der Waals surface area contributed by atoms with Gasteiger partial charge in [0.25, 0.3) is 0 Å². The molecular weight excluding hydrogens is 212 g/mol. The van der Waals surface area contributed by atoms with Crippen molar-refractivity contribution >= 4 is 5.78 Å². The maximum atomic E-state index is 11.8. The van der Waals surface area contributed by atoms with E-state index in [0.717, 1.165) is 24.4 Å². The summed E-state index contributed by atoms with van der Waals surface area (Å²) in [6, 6.07) is 2.02. The highest BCUT2D eigenvalue weighted by Crippen LogP contribution is 2.09. The second-order valence-electron chi connectivity index (χ2n) is 4.62. The Bertz CT molecular complexity index is 355. The maximum absolute atomic E-state index is 11.8. The zero-order valence-electron chi connectivity index (χ0n) is 11.3. The minimum atomic E-state index is 0.343. The molecule has 1 aromatic heterocycles. The topological polar surface area (TPSA) is 34.9 Å². The van der Waals surface area contributed by atoms with E-state index in [0.29, 0.717) is 18.6 Å². The van der Waals surface area contributed by atoms with Gasteiger partial charge in [-0.05, 0) is 26.3 Å². The Labute approximate surface area is 104 Å². The number of nitrogens with zero attached hydrogens (tertiary/aromatic N) is 2. The SMILES string of the molecule is CCCCCCC(=O)Cc1cc(C)nn1CC. The minimum Gasteiger partial charge on any atom is -0.299 e. The average molecular weight is 236 g/mol. The van der Waals surface area contributed by atoms with E-state index in [4.69, 9.17) is 0 Å². The Kier molecular flexibility index (Phi) is 5.95. The molecule has 0 saturated carbocycles. The number of carbonyl (C=O) groups is 1. The average Bonchev–Trinajstić information content (AvgIpc) is 2.65. The van der Waals surface area contributed by atoms with Crippen LogP contribution in [0, 0.1) is 6.92 Å². The van der Waals surface area contributed by atoms with Gasteiger partial charge in [0.2, 0.25) is 0 Å². The second-order valence-corrected chi connectivity index (χ2v) is 4.62. The fourth-order valence-corrected chi connectivity index (χ4v) is 2.05. The van der Waals surface area contributed by atoms with Crippen molar-refractivity contribution in [3.05, 3.63) is 17.5 Å². The minimum absolute atomic E-state index is 0.343. The Morgan fingerprint density at radius 2 is 2.06 bits per heavy atom. The normalized spacial score (nSPS) is 10.8. The number of carbonyl (C=O) groups excluding carboxylic acids is 1. The van der Waals surface area contributed by atoms with Gasteiger partial charge >= 0.3 is 0 Å². The number of hydrogen-bond donors (Lipinski definition) is 0. The molecule has 0 fully saturated rings. The lowest BCUT2D eigenvalue weighted by Crippen LogP contribution is -2.09. The van der Waals surface area contributed by atoms with E-state index < -0.39 is 0 Å². The van der Waals surface area contributed by atoms with E-state index in [9.17, 15) is 4.79 Å². The van der Waals surface area contributed by atoms with Crippen LogP contribution in [0.1, 0.15) is 57.3 Å². The molecule has 0 atom stereocenters. The highest BCUT2D eigenvalue weighted by Gasteiger charge is 2.09. The van der Waals surface area contributed by atoms with Crippen LogP contribution >= 0.6 is 0 Å². The van der Waals surface area contributed by atoms with Gasteiger partial charge in [0.05, 0.1) is 5.69 Å². The third-order valence-corrected chi connectivity index (χ3v) is 2.97. The van der Waals surface area contributed by atoms with Crippen LogP contribution in [-0.2, 0) is 17.8 Å². The molecule has 1 heterocycles. The first-order valence-corrected chi connectivity index (χ1v) is 6.72. The summed E-state index contributed by atoms with van der Waals surface area (Å²) in [4.78, 5) is 11.8. The quantitative estimate of drug-likeness (QED) is 0.649. The van der Waals surface area contributed by atoms with Gasteiger partial charge in [-0.2, -0.15) is 5.10 Å². The molecule has 3 nitrogen and oxygen atoms in total. The third-order valence-electron chi connectivity index (χ3n) is 2.97. The number of rotatable bonds is 8. The van der Waals surface area contributed by atoms with Crippen molar-refractivity contribution in [3.63, 3.8) is 0 Å². The molecule has 0 aliphatic heterocycles. The first kappa shape index (κ1) is 13.9. The molecule has 0 amide bonds. The smallest absolute Gasteiger partial charge is 0.138 e. The van der Waals surface area contributed by atoms with Gasteiger partial charge in [0.15, 0.2) is 0 Å². The lowest BCUT2D eigenvalue weighted by Gasteiger charge is -2.04. The van der Waals surface area contributed by atoms with Gasteiger partial charge in [0.1, 0.15) is 5.78 Å². The fraction of sp³-hybridized carbons (Fsp3) is 0.714. The molecular formula is C14H24N2O. The fourth-order valence-electron chi connectivity index (χ4n) is 2.05. The largest absolute Gasteiger partial charge is 0.299 e. The monoisotopic (exact) mass is 236 g/mol. The predicted octanol–water partition coefficient (Wildman–Crippen LogP) is 3.29. The van der Waals surface area contributed by atoms with Gasteiger partial charge in [-0.1, -0.05) is 26.2 Å². The van der Waals surface area contributed by atoms with Crippen molar-refractivity contribution in [2.24, 2.45) is 0 Å². The molecule has 0 aromatic carbocycles. The van der Waals surface area contributed by atoms with E-state index in [1.165, 1.54) is 19.3 Å². The van der Waals surface area contributed by atoms with Gasteiger partial charge in [-0.15, -0.1) is 0 Å². The zero-order chi connectivity index (χ0) is 12.7. The summed E-state index contributed by atoms with van der Waals surface area (Å²) in [7, 11) is 0. The molecule has 96 valence electrons. The van der Waals surface area contributed by atoms with Crippen molar-refractivity contribution < 1.29 is 4.79 Å². The molecule has 0 radical (unpaired) electrons. The number of unbranched alkanes of at least 4 members (excludes halogenated alkanes) is 3. The van der Waals surface area contributed by atoms with Gasteiger partial charge in [0, 0.05) is 25.1 Å². The Morgan fingerprint density at radius 1 is 1.29 bits per heavy atom. The molecule has 0 spiro atoms. The van der Waals surface area contributed by atoms with Crippen LogP contribution in [0.15, 0.2) is 6.07 Å². The molecule has 0 saturated heterocycles. The van der Waals surface area contributed by atoms with Crippen molar-refractivity contribution in [1.29, 1.82) is 0 Å². The van der Waals surface area contributed by atoms with E-state index in [2.05, 4.69) is 18.9 Å². The van der Waals surface area contributed by atoms with Crippen molar-refractivity contribution in [3.8, 4) is 0 Å². The van der Waals surface area contributed by atoms with E-state index in [-0.39, 0.29) is 0 Å². The van der Waals surface area contributed by atoms with Gasteiger partial charge < -0.3 is 0 Å². The Balaban J connectivity index is 2.39. The highest BCUT2D eigenvalue weighted by atomic mass is 16.1. The lowest BCUT2D eigenvalue weighted by atomic mass is 10.1. The van der Waals surface area contributed by atoms with Gasteiger partial charge in [-0.25, -0.2) is 0 Å². The second kappa shape index (κ2) is 7.25. The maximum Gasteiger partial charge on any atom is 0.138 e. The van der Waals surface area contributed by atoms with Crippen LogP contribution < -0.4 is 0 Å². The van der Waals surface area contributed by atoms with Crippen molar-refractivity contribution in [2.45, 2.75) is 65.8 Å². The molecule has 0 N–H and O–H groups in total. The number of Topliss-reactive ketones (excluding diaryl/α,β-unsaturated/α-hetero) is 1. The van der Waals surface area contributed by atoms with Crippen molar-refractivity contribution in [2.75, 3.05) is 0 Å². The summed E-state index contributed by atoms with van der Waals surface area (Å²) >= 11 is 0. The summed E-state index contributed by atoms with van der Waals surface area (Å²) in [6.07, 6.45) is 5.92. The Morgan fingerprint density at radius 3 is 2.71 bits per heavy atom. The molecule has 0 aliphatic carbocycles. The number of aromatic nitrogens is 2. The Hall–Kier alpha value is -1.12. The molecule has 0 bridgehead atoms. The molecule has 1 rings (SSSR count). The summed E-state index contributed by atoms with van der Waals surface area (Å²) in [5, 5.41) is 4.36. The van der Waals surface area contributed by atoms with Gasteiger partial charge in [-0.3, -0.25) is 9.48 Å².